The molecule has 7 heteroatoms. The van der Waals surface area contributed by atoms with Crippen LogP contribution >= 0.6 is 0 Å². The molecule has 1 saturated heterocycles. The van der Waals surface area contributed by atoms with E-state index in [2.05, 4.69) is 11.8 Å². The number of benzene rings is 1. The van der Waals surface area contributed by atoms with Crippen LogP contribution in [-0.2, 0) is 7.05 Å². The Morgan fingerprint density at radius 1 is 1.10 bits per heavy atom. The minimum atomic E-state index is 0.0181. The van der Waals surface area contributed by atoms with Crippen molar-refractivity contribution < 1.29 is 9.53 Å². The van der Waals surface area contributed by atoms with Gasteiger partial charge in [-0.3, -0.25) is 4.79 Å². The third kappa shape index (κ3) is 3.78. The second-order valence-electron chi connectivity index (χ2n) is 7.26. The van der Waals surface area contributed by atoms with Crippen LogP contribution in [0.3, 0.4) is 0 Å². The smallest absolute Gasteiger partial charge is 0.272 e. The van der Waals surface area contributed by atoms with E-state index in [0.29, 0.717) is 5.69 Å². The average molecular weight is 393 g/mol. The highest BCUT2D eigenvalue weighted by atomic mass is 16.5. The summed E-state index contributed by atoms with van der Waals surface area (Å²) in [6.07, 6.45) is 1.98. The quantitative estimate of drug-likeness (QED) is 0.669. The standard InChI is InChI=1S/C22H27N5O2/c1-4-25-12-14-26(15-13-25)22(28)21-16-19(20-6-5-11-24(20)2)23-27(21)17-7-9-18(29-3)10-8-17/h5-11,16H,4,12-15H2,1-3H3. The highest BCUT2D eigenvalue weighted by Gasteiger charge is 2.26. The van der Waals surface area contributed by atoms with Gasteiger partial charge in [0.05, 0.1) is 18.5 Å². The lowest BCUT2D eigenvalue weighted by Gasteiger charge is -2.34. The van der Waals surface area contributed by atoms with Crippen LogP contribution in [0.25, 0.3) is 17.1 Å². The molecule has 0 spiro atoms. The van der Waals surface area contributed by atoms with Gasteiger partial charge in [-0.15, -0.1) is 0 Å². The van der Waals surface area contributed by atoms with Crippen LogP contribution in [0.1, 0.15) is 17.4 Å². The Labute approximate surface area is 171 Å². The predicted molar refractivity (Wildman–Crippen MR) is 113 cm³/mol. The Hall–Kier alpha value is -3.06. The number of amides is 1. The zero-order chi connectivity index (χ0) is 20.4. The van der Waals surface area contributed by atoms with Crippen LogP contribution in [-0.4, -0.2) is 69.9 Å². The van der Waals surface area contributed by atoms with Gasteiger partial charge in [0, 0.05) is 39.4 Å². The van der Waals surface area contributed by atoms with Crippen LogP contribution < -0.4 is 4.74 Å². The molecule has 0 bridgehead atoms. The van der Waals surface area contributed by atoms with Gasteiger partial charge in [-0.05, 0) is 49.0 Å². The summed E-state index contributed by atoms with van der Waals surface area (Å²) >= 11 is 0. The van der Waals surface area contributed by atoms with E-state index in [-0.39, 0.29) is 5.91 Å². The summed E-state index contributed by atoms with van der Waals surface area (Å²) in [6.45, 7) is 6.46. The fourth-order valence-corrected chi connectivity index (χ4v) is 3.74. The number of aromatic nitrogens is 3. The number of carbonyl (C=O) groups is 1. The molecule has 3 heterocycles. The Morgan fingerprint density at radius 2 is 1.83 bits per heavy atom. The maximum absolute atomic E-state index is 13.4. The van der Waals surface area contributed by atoms with Crippen LogP contribution in [0.2, 0.25) is 0 Å². The van der Waals surface area contributed by atoms with Crippen molar-refractivity contribution in [2.75, 3.05) is 39.8 Å². The Morgan fingerprint density at radius 3 is 2.41 bits per heavy atom. The summed E-state index contributed by atoms with van der Waals surface area (Å²) < 4.78 is 9.02. The number of rotatable bonds is 5. The molecule has 152 valence electrons. The molecule has 0 N–H and O–H groups in total. The molecule has 0 saturated carbocycles. The van der Waals surface area contributed by atoms with E-state index >= 15 is 0 Å². The van der Waals surface area contributed by atoms with Crippen LogP contribution in [0.15, 0.2) is 48.7 Å². The zero-order valence-corrected chi connectivity index (χ0v) is 17.2. The first-order valence-corrected chi connectivity index (χ1v) is 9.98. The lowest BCUT2D eigenvalue weighted by molar-refractivity contribution is 0.0634. The van der Waals surface area contributed by atoms with Gasteiger partial charge in [0.2, 0.25) is 0 Å². The van der Waals surface area contributed by atoms with Crippen molar-refractivity contribution >= 4 is 5.91 Å². The van der Waals surface area contributed by atoms with E-state index in [1.54, 1.807) is 11.8 Å². The molecule has 0 unspecified atom stereocenters. The number of piperazine rings is 1. The van der Waals surface area contributed by atoms with Gasteiger partial charge in [0.1, 0.15) is 17.1 Å². The molecule has 4 rings (SSSR count). The summed E-state index contributed by atoms with van der Waals surface area (Å²) in [5.41, 5.74) is 3.17. The van der Waals surface area contributed by atoms with Crippen molar-refractivity contribution in [3.05, 3.63) is 54.4 Å². The Balaban J connectivity index is 1.71. The van der Waals surface area contributed by atoms with Gasteiger partial charge in [-0.1, -0.05) is 6.92 Å². The normalized spacial score (nSPS) is 14.9. The first kappa shape index (κ1) is 19.3. The maximum atomic E-state index is 13.4. The first-order valence-electron chi connectivity index (χ1n) is 9.98. The number of nitrogens with zero attached hydrogens (tertiary/aromatic N) is 5. The number of hydrogen-bond acceptors (Lipinski definition) is 4. The van der Waals surface area contributed by atoms with Crippen molar-refractivity contribution in [2.24, 2.45) is 7.05 Å². The van der Waals surface area contributed by atoms with Crippen LogP contribution in [0, 0.1) is 0 Å². The fourth-order valence-electron chi connectivity index (χ4n) is 3.74. The van der Waals surface area contributed by atoms with E-state index in [4.69, 9.17) is 9.84 Å². The minimum absolute atomic E-state index is 0.0181. The number of ether oxygens (including phenoxy) is 1. The van der Waals surface area contributed by atoms with Crippen molar-refractivity contribution in [3.63, 3.8) is 0 Å². The predicted octanol–water partition coefficient (Wildman–Crippen LogP) is 2.66. The summed E-state index contributed by atoms with van der Waals surface area (Å²) in [7, 11) is 3.62. The van der Waals surface area contributed by atoms with Crippen LogP contribution in [0.5, 0.6) is 5.75 Å². The zero-order valence-electron chi connectivity index (χ0n) is 17.2. The molecule has 29 heavy (non-hydrogen) atoms. The molecule has 3 aromatic rings. The third-order valence-corrected chi connectivity index (χ3v) is 5.56. The van der Waals surface area contributed by atoms with Crippen molar-refractivity contribution in [2.45, 2.75) is 6.92 Å². The molecule has 1 aliphatic heterocycles. The van der Waals surface area contributed by atoms with E-state index in [1.807, 2.05) is 65.2 Å². The van der Waals surface area contributed by atoms with Gasteiger partial charge in [0.15, 0.2) is 0 Å². The lowest BCUT2D eigenvalue weighted by Crippen LogP contribution is -2.48. The summed E-state index contributed by atoms with van der Waals surface area (Å²) in [4.78, 5) is 17.7. The molecule has 1 fully saturated rings. The fraction of sp³-hybridized carbons (Fsp3) is 0.364. The molecule has 0 atom stereocenters. The van der Waals surface area contributed by atoms with Crippen molar-refractivity contribution in [3.8, 4) is 22.8 Å². The molecular formula is C22H27N5O2. The van der Waals surface area contributed by atoms with Gasteiger partial charge >= 0.3 is 0 Å². The molecule has 1 amide bonds. The second kappa shape index (κ2) is 8.13. The summed E-state index contributed by atoms with van der Waals surface area (Å²) in [6, 6.07) is 13.5. The van der Waals surface area contributed by atoms with E-state index in [1.165, 1.54) is 0 Å². The van der Waals surface area contributed by atoms with E-state index < -0.39 is 0 Å². The molecule has 2 aromatic heterocycles. The largest absolute Gasteiger partial charge is 0.497 e. The van der Waals surface area contributed by atoms with E-state index in [0.717, 1.165) is 55.5 Å². The van der Waals surface area contributed by atoms with Crippen molar-refractivity contribution in [1.29, 1.82) is 0 Å². The monoisotopic (exact) mass is 393 g/mol. The molecule has 1 aliphatic rings. The Bertz CT molecular complexity index is 981. The summed E-state index contributed by atoms with van der Waals surface area (Å²) in [5.74, 6) is 0.789. The van der Waals surface area contributed by atoms with Gasteiger partial charge in [-0.25, -0.2) is 4.68 Å². The van der Waals surface area contributed by atoms with Gasteiger partial charge in [-0.2, -0.15) is 5.10 Å². The number of likely N-dealkylation sites (N-methyl/N-ethyl adjacent to an activating group) is 1. The highest BCUT2D eigenvalue weighted by Crippen LogP contribution is 2.24. The summed E-state index contributed by atoms with van der Waals surface area (Å²) in [5, 5.41) is 4.78. The third-order valence-electron chi connectivity index (χ3n) is 5.56. The maximum Gasteiger partial charge on any atom is 0.272 e. The van der Waals surface area contributed by atoms with Crippen molar-refractivity contribution in [1.82, 2.24) is 24.1 Å². The van der Waals surface area contributed by atoms with Gasteiger partial charge < -0.3 is 19.1 Å². The highest BCUT2D eigenvalue weighted by molar-refractivity contribution is 5.94. The molecule has 0 aliphatic carbocycles. The van der Waals surface area contributed by atoms with Gasteiger partial charge in [0.25, 0.3) is 5.91 Å². The van der Waals surface area contributed by atoms with Crippen LogP contribution in [0.4, 0.5) is 0 Å². The average Bonchev–Trinajstić information content (AvgIpc) is 3.39. The first-order chi connectivity index (χ1) is 14.1. The number of methoxy groups -OCH3 is 1. The second-order valence-corrected chi connectivity index (χ2v) is 7.26. The molecule has 1 aromatic carbocycles. The minimum Gasteiger partial charge on any atom is -0.497 e. The Kier molecular flexibility index (Phi) is 5.40. The topological polar surface area (TPSA) is 55.5 Å². The molecule has 0 radical (unpaired) electrons. The lowest BCUT2D eigenvalue weighted by atomic mass is 10.2. The SMILES string of the molecule is CCN1CCN(C(=O)c2cc(-c3cccn3C)nn2-c2ccc(OC)cc2)CC1. The number of carbonyl (C=O) groups excluding carboxylic acids is 1. The number of aryl methyl sites for hydroxylation is 1. The molecule has 7 nitrogen and oxygen atoms in total. The van der Waals surface area contributed by atoms with E-state index in [9.17, 15) is 4.79 Å². The molecular weight excluding hydrogens is 366 g/mol. The number of hydrogen-bond donors (Lipinski definition) is 0.